The lowest BCUT2D eigenvalue weighted by molar-refractivity contribution is 0.0611. The molecule has 2 rings (SSSR count). The zero-order chi connectivity index (χ0) is 13.0. The number of nitrogens with zero attached hydrogens (tertiary/aromatic N) is 1. The molecule has 0 amide bonds. The molecule has 1 atom stereocenters. The van der Waals surface area contributed by atoms with Crippen LogP contribution in [0.3, 0.4) is 0 Å². The molecule has 1 fully saturated rings. The molecular weight excluding hydrogens is 224 g/mol. The summed E-state index contributed by atoms with van der Waals surface area (Å²) < 4.78 is 5.27. The lowest BCUT2D eigenvalue weighted by atomic mass is 9.86. The highest BCUT2D eigenvalue weighted by molar-refractivity contribution is 5.17. The third-order valence-corrected chi connectivity index (χ3v) is 4.16. The number of hydrogen-bond donors (Lipinski definition) is 1. The Morgan fingerprint density at radius 3 is 2.61 bits per heavy atom. The van der Waals surface area contributed by atoms with Gasteiger partial charge in [-0.15, -0.1) is 0 Å². The molecule has 0 saturated carbocycles. The van der Waals surface area contributed by atoms with E-state index in [9.17, 15) is 0 Å². The number of piperidine rings is 1. The predicted octanol–water partition coefficient (Wildman–Crippen LogP) is 3.19. The molecule has 0 aliphatic carbocycles. The fourth-order valence-electron chi connectivity index (χ4n) is 3.07. The maximum atomic E-state index is 5.27. The van der Waals surface area contributed by atoms with E-state index in [1.165, 1.54) is 37.9 Å². The summed E-state index contributed by atoms with van der Waals surface area (Å²) in [4.78, 5) is 2.62. The Morgan fingerprint density at radius 1 is 1.33 bits per heavy atom. The minimum Gasteiger partial charge on any atom is -0.472 e. The van der Waals surface area contributed by atoms with Crippen molar-refractivity contribution < 1.29 is 4.42 Å². The highest BCUT2D eigenvalue weighted by atomic mass is 16.3. The van der Waals surface area contributed by atoms with Crippen LogP contribution in [0.15, 0.2) is 23.0 Å². The van der Waals surface area contributed by atoms with Crippen LogP contribution in [0.25, 0.3) is 0 Å². The van der Waals surface area contributed by atoms with Crippen molar-refractivity contribution in [2.75, 3.05) is 19.6 Å². The average molecular weight is 250 g/mol. The van der Waals surface area contributed by atoms with Crippen LogP contribution >= 0.6 is 0 Å². The van der Waals surface area contributed by atoms with Crippen LogP contribution in [0.1, 0.15) is 51.6 Å². The summed E-state index contributed by atoms with van der Waals surface area (Å²) >= 11 is 0. The molecule has 1 aliphatic rings. The molecule has 3 heteroatoms. The van der Waals surface area contributed by atoms with E-state index in [2.05, 4.69) is 37.1 Å². The molecule has 3 nitrogen and oxygen atoms in total. The maximum absolute atomic E-state index is 5.27. The van der Waals surface area contributed by atoms with E-state index in [1.807, 2.05) is 6.26 Å². The molecule has 0 spiro atoms. The van der Waals surface area contributed by atoms with E-state index in [-0.39, 0.29) is 5.54 Å². The first-order valence-electron chi connectivity index (χ1n) is 7.16. The van der Waals surface area contributed by atoms with Crippen molar-refractivity contribution in [2.24, 2.45) is 0 Å². The molecule has 2 heterocycles. The van der Waals surface area contributed by atoms with Crippen LogP contribution in [-0.4, -0.2) is 30.1 Å². The van der Waals surface area contributed by atoms with E-state index in [0.717, 1.165) is 6.54 Å². The van der Waals surface area contributed by atoms with Gasteiger partial charge in [0.05, 0.1) is 18.6 Å². The summed E-state index contributed by atoms with van der Waals surface area (Å²) in [6, 6.07) is 2.42. The quantitative estimate of drug-likeness (QED) is 0.870. The summed E-state index contributed by atoms with van der Waals surface area (Å²) in [6.45, 7) is 10.3. The monoisotopic (exact) mass is 250 g/mol. The van der Waals surface area contributed by atoms with Crippen molar-refractivity contribution in [1.82, 2.24) is 10.2 Å². The molecule has 0 aromatic carbocycles. The highest BCUT2D eigenvalue weighted by Crippen LogP contribution is 2.33. The molecule has 102 valence electrons. The van der Waals surface area contributed by atoms with Crippen molar-refractivity contribution in [3.8, 4) is 0 Å². The van der Waals surface area contributed by atoms with E-state index < -0.39 is 0 Å². The van der Waals surface area contributed by atoms with Gasteiger partial charge >= 0.3 is 0 Å². The Hall–Kier alpha value is -0.800. The lowest BCUT2D eigenvalue weighted by Crippen LogP contribution is -2.54. The minimum absolute atomic E-state index is 0.125. The van der Waals surface area contributed by atoms with E-state index >= 15 is 0 Å². The van der Waals surface area contributed by atoms with Crippen molar-refractivity contribution in [3.05, 3.63) is 24.2 Å². The number of nitrogens with one attached hydrogen (secondary N) is 1. The third kappa shape index (κ3) is 2.78. The standard InChI is InChI=1S/C15H26N2O/c1-4-16-14(13-8-11-18-12-13)15(2,3)17-9-6-5-7-10-17/h8,11-12,14,16H,4-7,9-10H2,1-3H3. The van der Waals surface area contributed by atoms with Gasteiger partial charge < -0.3 is 9.73 Å². The van der Waals surface area contributed by atoms with E-state index in [1.54, 1.807) is 6.26 Å². The second-order valence-electron chi connectivity index (χ2n) is 5.75. The predicted molar refractivity (Wildman–Crippen MR) is 74.6 cm³/mol. The molecule has 1 aliphatic heterocycles. The normalized spacial score (nSPS) is 19.9. The Morgan fingerprint density at radius 2 is 2.06 bits per heavy atom. The molecule has 0 radical (unpaired) electrons. The maximum Gasteiger partial charge on any atom is 0.0951 e. The lowest BCUT2D eigenvalue weighted by Gasteiger charge is -2.46. The summed E-state index contributed by atoms with van der Waals surface area (Å²) in [5.74, 6) is 0. The first kappa shape index (κ1) is 13.6. The molecule has 1 N–H and O–H groups in total. The molecule has 1 aromatic heterocycles. The molecule has 0 bridgehead atoms. The van der Waals surface area contributed by atoms with Crippen molar-refractivity contribution >= 4 is 0 Å². The smallest absolute Gasteiger partial charge is 0.0951 e. The summed E-state index contributed by atoms with van der Waals surface area (Å²) in [7, 11) is 0. The van der Waals surface area contributed by atoms with E-state index in [0.29, 0.717) is 6.04 Å². The molecular formula is C15H26N2O. The van der Waals surface area contributed by atoms with Crippen molar-refractivity contribution in [1.29, 1.82) is 0 Å². The van der Waals surface area contributed by atoms with Crippen LogP contribution in [-0.2, 0) is 0 Å². The Balaban J connectivity index is 2.17. The van der Waals surface area contributed by atoms with Crippen LogP contribution < -0.4 is 5.32 Å². The molecule has 1 saturated heterocycles. The minimum atomic E-state index is 0.125. The number of rotatable bonds is 5. The first-order valence-corrected chi connectivity index (χ1v) is 7.16. The van der Waals surface area contributed by atoms with Gasteiger partial charge in [-0.1, -0.05) is 13.3 Å². The van der Waals surface area contributed by atoms with Gasteiger partial charge in [0.1, 0.15) is 0 Å². The van der Waals surface area contributed by atoms with Crippen molar-refractivity contribution in [3.63, 3.8) is 0 Å². The molecule has 18 heavy (non-hydrogen) atoms. The van der Waals surface area contributed by atoms with Gasteiger partial charge in [0.15, 0.2) is 0 Å². The number of hydrogen-bond acceptors (Lipinski definition) is 3. The second-order valence-corrected chi connectivity index (χ2v) is 5.75. The largest absolute Gasteiger partial charge is 0.472 e. The Kier molecular flexibility index (Phi) is 4.46. The number of likely N-dealkylation sites (N-methyl/N-ethyl adjacent to an activating group) is 1. The van der Waals surface area contributed by atoms with Crippen molar-refractivity contribution in [2.45, 2.75) is 51.6 Å². The Labute approximate surface area is 111 Å². The fraction of sp³-hybridized carbons (Fsp3) is 0.733. The fourth-order valence-corrected chi connectivity index (χ4v) is 3.07. The van der Waals surface area contributed by atoms with Gasteiger partial charge in [0.25, 0.3) is 0 Å². The van der Waals surface area contributed by atoms with Crippen LogP contribution in [0, 0.1) is 0 Å². The first-order chi connectivity index (χ1) is 8.66. The second kappa shape index (κ2) is 5.89. The Bertz CT molecular complexity index is 339. The van der Waals surface area contributed by atoms with Crippen LogP contribution in [0.5, 0.6) is 0 Å². The number of furan rings is 1. The van der Waals surface area contributed by atoms with Gasteiger partial charge in [-0.2, -0.15) is 0 Å². The van der Waals surface area contributed by atoms with Gasteiger partial charge in [0.2, 0.25) is 0 Å². The molecule has 1 unspecified atom stereocenters. The third-order valence-electron chi connectivity index (χ3n) is 4.16. The summed E-state index contributed by atoms with van der Waals surface area (Å²) in [5, 5.41) is 3.62. The molecule has 1 aromatic rings. The summed E-state index contributed by atoms with van der Waals surface area (Å²) in [5.41, 5.74) is 1.38. The van der Waals surface area contributed by atoms with Gasteiger partial charge in [0, 0.05) is 11.1 Å². The van der Waals surface area contributed by atoms with E-state index in [4.69, 9.17) is 4.42 Å². The van der Waals surface area contributed by atoms with Gasteiger partial charge in [-0.3, -0.25) is 4.90 Å². The van der Waals surface area contributed by atoms with Crippen LogP contribution in [0.2, 0.25) is 0 Å². The zero-order valence-corrected chi connectivity index (χ0v) is 11.9. The summed E-state index contributed by atoms with van der Waals surface area (Å²) in [6.07, 6.45) is 7.68. The van der Waals surface area contributed by atoms with Crippen LogP contribution in [0.4, 0.5) is 0 Å². The average Bonchev–Trinajstić information content (AvgIpc) is 2.90. The number of likely N-dealkylation sites (tertiary alicyclic amines) is 1. The van der Waals surface area contributed by atoms with Gasteiger partial charge in [-0.05, 0) is 52.4 Å². The highest BCUT2D eigenvalue weighted by Gasteiger charge is 2.36. The zero-order valence-electron chi connectivity index (χ0n) is 11.9. The topological polar surface area (TPSA) is 28.4 Å². The SMILES string of the molecule is CCNC(c1ccoc1)C(C)(C)N1CCCCC1. The van der Waals surface area contributed by atoms with Gasteiger partial charge in [-0.25, -0.2) is 0 Å².